The van der Waals surface area contributed by atoms with Gasteiger partial charge in [-0.05, 0) is 31.9 Å². The number of hydrogen-bond acceptors (Lipinski definition) is 4. The van der Waals surface area contributed by atoms with Crippen LogP contribution in [0, 0.1) is 0 Å². The molecule has 1 saturated heterocycles. The summed E-state index contributed by atoms with van der Waals surface area (Å²) in [6.07, 6.45) is 1.78. The Hall–Kier alpha value is -1.75. The second-order valence-corrected chi connectivity index (χ2v) is 4.70. The summed E-state index contributed by atoms with van der Waals surface area (Å²) in [5, 5.41) is 9.28. The van der Waals surface area contributed by atoms with Crippen molar-refractivity contribution in [1.82, 2.24) is 4.90 Å². The minimum absolute atomic E-state index is 0.00632. The quantitative estimate of drug-likeness (QED) is 0.803. The van der Waals surface area contributed by atoms with Crippen molar-refractivity contribution in [2.24, 2.45) is 0 Å². The standard InChI is InChI=1S/C14H20N2O3/c1-2-19-13-7-10(6-11(15)8-13)14(18)16-5-3-4-12(16)9-17/h6-8,12,17H,2-5,9,15H2,1H3. The van der Waals surface area contributed by atoms with Crippen LogP contribution in [-0.4, -0.2) is 41.7 Å². The number of anilines is 1. The van der Waals surface area contributed by atoms with Crippen LogP contribution >= 0.6 is 0 Å². The Bertz CT molecular complexity index is 462. The average molecular weight is 264 g/mol. The summed E-state index contributed by atoms with van der Waals surface area (Å²) in [5.41, 5.74) is 6.82. The summed E-state index contributed by atoms with van der Waals surface area (Å²) < 4.78 is 5.39. The van der Waals surface area contributed by atoms with Gasteiger partial charge in [0.15, 0.2) is 0 Å². The van der Waals surface area contributed by atoms with Gasteiger partial charge in [-0.2, -0.15) is 0 Å². The molecule has 19 heavy (non-hydrogen) atoms. The maximum atomic E-state index is 12.4. The molecule has 1 heterocycles. The first-order valence-electron chi connectivity index (χ1n) is 6.61. The molecule has 5 heteroatoms. The van der Waals surface area contributed by atoms with Crippen molar-refractivity contribution < 1.29 is 14.6 Å². The number of amides is 1. The zero-order chi connectivity index (χ0) is 13.8. The summed E-state index contributed by atoms with van der Waals surface area (Å²) >= 11 is 0. The van der Waals surface area contributed by atoms with Crippen LogP contribution in [-0.2, 0) is 0 Å². The lowest BCUT2D eigenvalue weighted by molar-refractivity contribution is 0.0677. The van der Waals surface area contributed by atoms with Crippen molar-refractivity contribution in [2.45, 2.75) is 25.8 Å². The second kappa shape index (κ2) is 5.93. The molecule has 1 aromatic carbocycles. The first-order chi connectivity index (χ1) is 9.15. The van der Waals surface area contributed by atoms with E-state index < -0.39 is 0 Å². The number of hydrogen-bond donors (Lipinski definition) is 2. The maximum Gasteiger partial charge on any atom is 0.254 e. The highest BCUT2D eigenvalue weighted by molar-refractivity contribution is 5.96. The summed E-state index contributed by atoms with van der Waals surface area (Å²) in [5.74, 6) is 0.510. The topological polar surface area (TPSA) is 75.8 Å². The van der Waals surface area contributed by atoms with Gasteiger partial charge in [0, 0.05) is 23.9 Å². The van der Waals surface area contributed by atoms with Crippen LogP contribution in [0.25, 0.3) is 0 Å². The lowest BCUT2D eigenvalue weighted by Gasteiger charge is -2.23. The Balaban J connectivity index is 2.23. The molecule has 1 aliphatic rings. The van der Waals surface area contributed by atoms with Gasteiger partial charge in [-0.3, -0.25) is 4.79 Å². The van der Waals surface area contributed by atoms with Crippen LogP contribution in [0.4, 0.5) is 5.69 Å². The predicted octanol–water partition coefficient (Wildman–Crippen LogP) is 1.26. The molecule has 0 bridgehead atoms. The van der Waals surface area contributed by atoms with Crippen molar-refractivity contribution in [1.29, 1.82) is 0 Å². The predicted molar refractivity (Wildman–Crippen MR) is 73.2 cm³/mol. The largest absolute Gasteiger partial charge is 0.494 e. The maximum absolute atomic E-state index is 12.4. The number of nitrogen functional groups attached to an aromatic ring is 1. The molecule has 1 amide bonds. The number of nitrogens with zero attached hydrogens (tertiary/aromatic N) is 1. The van der Waals surface area contributed by atoms with Crippen molar-refractivity contribution >= 4 is 11.6 Å². The molecule has 1 aliphatic heterocycles. The molecule has 1 unspecified atom stereocenters. The average Bonchev–Trinajstić information content (AvgIpc) is 2.85. The SMILES string of the molecule is CCOc1cc(N)cc(C(=O)N2CCCC2CO)c1. The van der Waals surface area contributed by atoms with E-state index in [9.17, 15) is 9.90 Å². The number of nitrogens with two attached hydrogens (primary N) is 1. The monoisotopic (exact) mass is 264 g/mol. The Morgan fingerprint density at radius 1 is 1.53 bits per heavy atom. The number of ether oxygens (including phenoxy) is 1. The minimum Gasteiger partial charge on any atom is -0.494 e. The van der Waals surface area contributed by atoms with Crippen LogP contribution in [0.1, 0.15) is 30.1 Å². The van der Waals surface area contributed by atoms with E-state index in [1.54, 1.807) is 23.1 Å². The highest BCUT2D eigenvalue weighted by atomic mass is 16.5. The Morgan fingerprint density at radius 3 is 3.00 bits per heavy atom. The van der Waals surface area contributed by atoms with Gasteiger partial charge in [-0.1, -0.05) is 0 Å². The first kappa shape index (κ1) is 13.7. The number of carbonyl (C=O) groups excluding carboxylic acids is 1. The van der Waals surface area contributed by atoms with Crippen molar-refractivity contribution in [3.8, 4) is 5.75 Å². The smallest absolute Gasteiger partial charge is 0.254 e. The van der Waals surface area contributed by atoms with Crippen LogP contribution in [0.3, 0.4) is 0 Å². The number of benzene rings is 1. The van der Waals surface area contributed by atoms with E-state index in [4.69, 9.17) is 10.5 Å². The molecule has 5 nitrogen and oxygen atoms in total. The number of aliphatic hydroxyl groups excluding tert-OH is 1. The van der Waals surface area contributed by atoms with E-state index in [1.807, 2.05) is 6.92 Å². The second-order valence-electron chi connectivity index (χ2n) is 4.70. The van der Waals surface area contributed by atoms with Crippen LogP contribution in [0.15, 0.2) is 18.2 Å². The molecule has 0 saturated carbocycles. The van der Waals surface area contributed by atoms with Gasteiger partial charge >= 0.3 is 0 Å². The van der Waals surface area contributed by atoms with E-state index in [0.717, 1.165) is 12.8 Å². The molecule has 0 aromatic heterocycles. The van der Waals surface area contributed by atoms with Crippen molar-refractivity contribution in [3.05, 3.63) is 23.8 Å². The van der Waals surface area contributed by atoms with Gasteiger partial charge in [0.1, 0.15) is 5.75 Å². The third-order valence-electron chi connectivity index (χ3n) is 3.34. The normalized spacial score (nSPS) is 18.6. The number of carbonyl (C=O) groups is 1. The van der Waals surface area contributed by atoms with E-state index in [0.29, 0.717) is 30.2 Å². The molecular weight excluding hydrogens is 244 g/mol. The molecule has 2 rings (SSSR count). The van der Waals surface area contributed by atoms with Crippen LogP contribution in [0.5, 0.6) is 5.75 Å². The van der Waals surface area contributed by atoms with Crippen LogP contribution < -0.4 is 10.5 Å². The fraction of sp³-hybridized carbons (Fsp3) is 0.500. The Morgan fingerprint density at radius 2 is 2.32 bits per heavy atom. The van der Waals surface area contributed by atoms with Gasteiger partial charge in [-0.15, -0.1) is 0 Å². The molecule has 1 fully saturated rings. The van der Waals surface area contributed by atoms with Gasteiger partial charge in [0.25, 0.3) is 5.91 Å². The molecule has 0 aliphatic carbocycles. The highest BCUT2D eigenvalue weighted by Crippen LogP contribution is 2.24. The van der Waals surface area contributed by atoms with Gasteiger partial charge in [-0.25, -0.2) is 0 Å². The summed E-state index contributed by atoms with van der Waals surface area (Å²) in [6.45, 7) is 3.10. The zero-order valence-corrected chi connectivity index (χ0v) is 11.1. The van der Waals surface area contributed by atoms with E-state index in [2.05, 4.69) is 0 Å². The number of aliphatic hydroxyl groups is 1. The van der Waals surface area contributed by atoms with Gasteiger partial charge in [0.05, 0.1) is 19.3 Å². The number of likely N-dealkylation sites (tertiary alicyclic amines) is 1. The van der Waals surface area contributed by atoms with Crippen molar-refractivity contribution in [3.63, 3.8) is 0 Å². The summed E-state index contributed by atoms with van der Waals surface area (Å²) in [6, 6.07) is 4.98. The molecule has 1 atom stereocenters. The highest BCUT2D eigenvalue weighted by Gasteiger charge is 2.29. The minimum atomic E-state index is -0.0928. The fourth-order valence-electron chi connectivity index (χ4n) is 2.45. The molecule has 104 valence electrons. The first-order valence-corrected chi connectivity index (χ1v) is 6.61. The zero-order valence-electron chi connectivity index (χ0n) is 11.1. The Labute approximate surface area is 113 Å². The lowest BCUT2D eigenvalue weighted by Crippen LogP contribution is -2.37. The molecular formula is C14H20N2O3. The third kappa shape index (κ3) is 2.98. The third-order valence-corrected chi connectivity index (χ3v) is 3.34. The molecule has 1 aromatic rings. The molecule has 0 spiro atoms. The molecule has 0 radical (unpaired) electrons. The van der Waals surface area contributed by atoms with E-state index >= 15 is 0 Å². The fourth-order valence-corrected chi connectivity index (χ4v) is 2.45. The van der Waals surface area contributed by atoms with E-state index in [1.165, 1.54) is 0 Å². The summed E-state index contributed by atoms with van der Waals surface area (Å²) in [4.78, 5) is 14.1. The lowest BCUT2D eigenvalue weighted by atomic mass is 10.1. The number of rotatable bonds is 4. The van der Waals surface area contributed by atoms with Gasteiger partial charge < -0.3 is 20.5 Å². The van der Waals surface area contributed by atoms with Crippen LogP contribution in [0.2, 0.25) is 0 Å². The van der Waals surface area contributed by atoms with Crippen molar-refractivity contribution in [2.75, 3.05) is 25.5 Å². The van der Waals surface area contributed by atoms with E-state index in [-0.39, 0.29) is 18.6 Å². The molecule has 3 N–H and O–H groups in total. The Kier molecular flexibility index (Phi) is 4.27. The van der Waals surface area contributed by atoms with Gasteiger partial charge in [0.2, 0.25) is 0 Å². The summed E-state index contributed by atoms with van der Waals surface area (Å²) in [7, 11) is 0.